The summed E-state index contributed by atoms with van der Waals surface area (Å²) in [7, 11) is 3.07. The quantitative estimate of drug-likeness (QED) is 0.663. The first-order valence-electron chi connectivity index (χ1n) is 6.76. The van der Waals surface area contributed by atoms with E-state index in [1.54, 1.807) is 25.3 Å². The van der Waals surface area contributed by atoms with Crippen LogP contribution in [-0.2, 0) is 0 Å². The van der Waals surface area contributed by atoms with Gasteiger partial charge in [-0.05, 0) is 43.2 Å². The van der Waals surface area contributed by atoms with Crippen LogP contribution in [0.15, 0.2) is 27.4 Å². The SMILES string of the molecule is COc1cc(C)c2c(=O)c3c(C)c(Cl)ccc3oc2c1OC. The molecule has 0 radical (unpaired) electrons. The van der Waals surface area contributed by atoms with Gasteiger partial charge in [-0.15, -0.1) is 0 Å². The lowest BCUT2D eigenvalue weighted by atomic mass is 10.0. The average Bonchev–Trinajstić information content (AvgIpc) is 2.50. The number of halogens is 1. The standard InChI is InChI=1S/C17H15ClO4/c1-8-7-12(20-3)16(21-4)17-13(8)15(19)14-9(2)10(18)5-6-11(14)22-17/h5-7H,1-4H3. The van der Waals surface area contributed by atoms with Crippen LogP contribution in [0.25, 0.3) is 21.9 Å². The van der Waals surface area contributed by atoms with Gasteiger partial charge in [0.15, 0.2) is 11.3 Å². The maximum absolute atomic E-state index is 12.9. The first-order valence-corrected chi connectivity index (χ1v) is 7.14. The molecule has 22 heavy (non-hydrogen) atoms. The number of rotatable bonds is 2. The van der Waals surface area contributed by atoms with Crippen LogP contribution in [0.5, 0.6) is 11.5 Å². The molecule has 0 atom stereocenters. The van der Waals surface area contributed by atoms with Gasteiger partial charge in [-0.1, -0.05) is 11.6 Å². The van der Waals surface area contributed by atoms with Crippen LogP contribution < -0.4 is 14.9 Å². The molecule has 0 saturated heterocycles. The number of hydrogen-bond acceptors (Lipinski definition) is 4. The molecule has 0 N–H and O–H groups in total. The summed E-state index contributed by atoms with van der Waals surface area (Å²) >= 11 is 6.13. The lowest BCUT2D eigenvalue weighted by Crippen LogP contribution is -2.07. The molecule has 5 heteroatoms. The fourth-order valence-corrected chi connectivity index (χ4v) is 2.88. The Kier molecular flexibility index (Phi) is 3.49. The average molecular weight is 319 g/mol. The predicted octanol–water partition coefficient (Wildman–Crippen LogP) is 4.23. The van der Waals surface area contributed by atoms with E-state index in [2.05, 4.69) is 0 Å². The summed E-state index contributed by atoms with van der Waals surface area (Å²) in [4.78, 5) is 12.9. The van der Waals surface area contributed by atoms with Crippen molar-refractivity contribution in [3.05, 3.63) is 44.6 Å². The predicted molar refractivity (Wildman–Crippen MR) is 87.6 cm³/mol. The molecule has 3 aromatic rings. The van der Waals surface area contributed by atoms with Gasteiger partial charge in [0.2, 0.25) is 11.2 Å². The van der Waals surface area contributed by atoms with Gasteiger partial charge < -0.3 is 13.9 Å². The number of benzene rings is 2. The van der Waals surface area contributed by atoms with Gasteiger partial charge in [-0.2, -0.15) is 0 Å². The molecule has 0 aliphatic carbocycles. The molecule has 2 aromatic carbocycles. The van der Waals surface area contributed by atoms with Crippen LogP contribution in [0.3, 0.4) is 0 Å². The van der Waals surface area contributed by atoms with E-state index in [0.29, 0.717) is 44.0 Å². The van der Waals surface area contributed by atoms with E-state index in [-0.39, 0.29) is 5.43 Å². The molecular formula is C17H15ClO4. The Morgan fingerprint density at radius 3 is 2.45 bits per heavy atom. The van der Waals surface area contributed by atoms with Crippen LogP contribution in [0.2, 0.25) is 5.02 Å². The zero-order valence-electron chi connectivity index (χ0n) is 12.7. The van der Waals surface area contributed by atoms with E-state index < -0.39 is 0 Å². The summed E-state index contributed by atoms with van der Waals surface area (Å²) in [6.45, 7) is 3.65. The second-order valence-electron chi connectivity index (χ2n) is 5.11. The molecule has 0 fully saturated rings. The highest BCUT2D eigenvalue weighted by atomic mass is 35.5. The largest absolute Gasteiger partial charge is 0.493 e. The van der Waals surface area contributed by atoms with E-state index in [4.69, 9.17) is 25.5 Å². The molecular weight excluding hydrogens is 304 g/mol. The minimum Gasteiger partial charge on any atom is -0.493 e. The van der Waals surface area contributed by atoms with Gasteiger partial charge in [0.05, 0.1) is 25.0 Å². The van der Waals surface area contributed by atoms with Crippen molar-refractivity contribution < 1.29 is 13.9 Å². The van der Waals surface area contributed by atoms with Gasteiger partial charge in [-0.3, -0.25) is 4.79 Å². The molecule has 0 unspecified atom stereocenters. The molecule has 0 spiro atoms. The summed E-state index contributed by atoms with van der Waals surface area (Å²) in [6, 6.07) is 5.18. The van der Waals surface area contributed by atoms with Gasteiger partial charge in [0.1, 0.15) is 5.58 Å². The van der Waals surface area contributed by atoms with Gasteiger partial charge in [-0.25, -0.2) is 0 Å². The van der Waals surface area contributed by atoms with Crippen LogP contribution >= 0.6 is 11.6 Å². The highest BCUT2D eigenvalue weighted by Crippen LogP contribution is 2.38. The van der Waals surface area contributed by atoms with E-state index in [1.807, 2.05) is 13.8 Å². The molecule has 4 nitrogen and oxygen atoms in total. The summed E-state index contributed by atoms with van der Waals surface area (Å²) in [6.07, 6.45) is 0. The normalized spacial score (nSPS) is 11.1. The summed E-state index contributed by atoms with van der Waals surface area (Å²) < 4.78 is 16.6. The van der Waals surface area contributed by atoms with Gasteiger partial charge >= 0.3 is 0 Å². The van der Waals surface area contributed by atoms with Crippen LogP contribution in [-0.4, -0.2) is 14.2 Å². The van der Waals surface area contributed by atoms with E-state index >= 15 is 0 Å². The van der Waals surface area contributed by atoms with Crippen molar-refractivity contribution in [1.29, 1.82) is 0 Å². The van der Waals surface area contributed by atoms with E-state index in [1.165, 1.54) is 7.11 Å². The Morgan fingerprint density at radius 1 is 1.09 bits per heavy atom. The molecule has 1 aromatic heterocycles. The number of ether oxygens (including phenoxy) is 2. The first kappa shape index (κ1) is 14.7. The fraction of sp³-hybridized carbons (Fsp3) is 0.235. The number of hydrogen-bond donors (Lipinski definition) is 0. The highest BCUT2D eigenvalue weighted by Gasteiger charge is 2.20. The smallest absolute Gasteiger partial charge is 0.204 e. The van der Waals surface area contributed by atoms with Gasteiger partial charge in [0, 0.05) is 5.02 Å². The molecule has 1 heterocycles. The van der Waals surface area contributed by atoms with Crippen LogP contribution in [0.4, 0.5) is 0 Å². The summed E-state index contributed by atoms with van der Waals surface area (Å²) in [5.41, 5.74) is 2.23. The summed E-state index contributed by atoms with van der Waals surface area (Å²) in [5, 5.41) is 1.52. The highest BCUT2D eigenvalue weighted by molar-refractivity contribution is 6.32. The fourth-order valence-electron chi connectivity index (χ4n) is 2.73. The van der Waals surface area contributed by atoms with Crippen molar-refractivity contribution in [3.63, 3.8) is 0 Å². The molecule has 0 amide bonds. The Balaban J connectivity index is 2.62. The van der Waals surface area contributed by atoms with Crippen molar-refractivity contribution in [2.24, 2.45) is 0 Å². The summed E-state index contributed by atoms with van der Waals surface area (Å²) in [5.74, 6) is 0.940. The Hall–Kier alpha value is -2.20. The number of methoxy groups -OCH3 is 2. The third-order valence-electron chi connectivity index (χ3n) is 3.85. The Morgan fingerprint density at radius 2 is 1.82 bits per heavy atom. The van der Waals surface area contributed by atoms with E-state index in [0.717, 1.165) is 5.56 Å². The molecule has 114 valence electrons. The first-order chi connectivity index (χ1) is 10.5. The third kappa shape index (κ3) is 1.95. The zero-order chi connectivity index (χ0) is 16.0. The van der Waals surface area contributed by atoms with Crippen molar-refractivity contribution in [2.75, 3.05) is 14.2 Å². The molecule has 3 rings (SSSR count). The van der Waals surface area contributed by atoms with Crippen molar-refractivity contribution in [1.82, 2.24) is 0 Å². The third-order valence-corrected chi connectivity index (χ3v) is 4.26. The minimum atomic E-state index is -0.116. The van der Waals surface area contributed by atoms with Crippen molar-refractivity contribution >= 4 is 33.5 Å². The van der Waals surface area contributed by atoms with Crippen LogP contribution in [0.1, 0.15) is 11.1 Å². The van der Waals surface area contributed by atoms with Gasteiger partial charge in [0.25, 0.3) is 0 Å². The van der Waals surface area contributed by atoms with Crippen molar-refractivity contribution in [3.8, 4) is 11.5 Å². The molecule has 0 bridgehead atoms. The topological polar surface area (TPSA) is 48.7 Å². The lowest BCUT2D eigenvalue weighted by Gasteiger charge is -2.13. The maximum atomic E-state index is 12.9. The maximum Gasteiger partial charge on any atom is 0.204 e. The second-order valence-corrected chi connectivity index (χ2v) is 5.52. The monoisotopic (exact) mass is 318 g/mol. The molecule has 0 aliphatic rings. The van der Waals surface area contributed by atoms with Crippen molar-refractivity contribution in [2.45, 2.75) is 13.8 Å². The Bertz CT molecular complexity index is 957. The number of fused-ring (bicyclic) bond motifs is 2. The second kappa shape index (κ2) is 5.21. The zero-order valence-corrected chi connectivity index (χ0v) is 13.5. The number of aryl methyl sites for hydroxylation is 2. The van der Waals surface area contributed by atoms with E-state index in [9.17, 15) is 4.79 Å². The van der Waals surface area contributed by atoms with Crippen LogP contribution in [0, 0.1) is 13.8 Å². The Labute approximate surface area is 132 Å². The molecule has 0 saturated carbocycles. The lowest BCUT2D eigenvalue weighted by molar-refractivity contribution is 0.353. The molecule has 0 aliphatic heterocycles. The minimum absolute atomic E-state index is 0.116.